The molecule has 8 nitrogen and oxygen atoms in total. The topological polar surface area (TPSA) is 105 Å². The highest BCUT2D eigenvalue weighted by Crippen LogP contribution is 2.36. The van der Waals surface area contributed by atoms with E-state index in [1.165, 1.54) is 13.8 Å². The van der Waals surface area contributed by atoms with Crippen LogP contribution in [0.25, 0.3) is 0 Å². The monoisotopic (exact) mass is 434 g/mol. The maximum absolute atomic E-state index is 12.3. The van der Waals surface area contributed by atoms with E-state index in [4.69, 9.17) is 18.9 Å². The van der Waals surface area contributed by atoms with E-state index in [1.807, 2.05) is 6.08 Å². The number of allylic oxidation sites excluding steroid dienone is 1. The minimum atomic E-state index is -0.727. The Hall–Kier alpha value is -2.90. The van der Waals surface area contributed by atoms with E-state index < -0.39 is 36.0 Å². The average Bonchev–Trinajstić information content (AvgIpc) is 2.95. The van der Waals surface area contributed by atoms with Crippen molar-refractivity contribution in [3.8, 4) is 0 Å². The molecule has 170 valence electrons. The zero-order valence-corrected chi connectivity index (χ0v) is 18.5. The van der Waals surface area contributed by atoms with Crippen LogP contribution in [0.5, 0.6) is 0 Å². The number of carbonyl (C=O) groups excluding carboxylic acids is 4. The molecule has 2 aliphatic rings. The molecule has 31 heavy (non-hydrogen) atoms. The lowest BCUT2D eigenvalue weighted by molar-refractivity contribution is -0.150. The fourth-order valence-corrected chi connectivity index (χ4v) is 3.52. The molecule has 1 saturated heterocycles. The summed E-state index contributed by atoms with van der Waals surface area (Å²) in [7, 11) is 0. The van der Waals surface area contributed by atoms with Crippen molar-refractivity contribution < 1.29 is 38.1 Å². The molecule has 0 amide bonds. The first-order valence-electron chi connectivity index (χ1n) is 10.3. The SMILES string of the molecule is C=C1C(=O)O[C@@H]2/C=C(\COC(C)=O)CC/C=C(\COC(=O)C(C)C)C[C@@H](OC(C)=O)[C@@H]12. The molecular weight excluding hydrogens is 404 g/mol. The molecule has 0 saturated carbocycles. The summed E-state index contributed by atoms with van der Waals surface area (Å²) in [5, 5.41) is 0. The number of ether oxygens (including phenoxy) is 4. The van der Waals surface area contributed by atoms with Crippen LogP contribution in [-0.4, -0.2) is 49.3 Å². The van der Waals surface area contributed by atoms with E-state index >= 15 is 0 Å². The Morgan fingerprint density at radius 3 is 2.42 bits per heavy atom. The first-order chi connectivity index (χ1) is 14.6. The van der Waals surface area contributed by atoms with Crippen molar-refractivity contribution in [2.45, 2.75) is 59.2 Å². The van der Waals surface area contributed by atoms with Crippen molar-refractivity contribution in [3.05, 3.63) is 35.5 Å². The minimum absolute atomic E-state index is 0.0520. The molecule has 1 aliphatic heterocycles. The number of esters is 4. The Balaban J connectivity index is 2.36. The van der Waals surface area contributed by atoms with Crippen molar-refractivity contribution in [1.29, 1.82) is 0 Å². The number of rotatable bonds is 6. The molecule has 8 heteroatoms. The summed E-state index contributed by atoms with van der Waals surface area (Å²) in [6, 6.07) is 0. The van der Waals surface area contributed by atoms with Crippen LogP contribution in [0.1, 0.15) is 47.0 Å². The van der Waals surface area contributed by atoms with Gasteiger partial charge in [0.15, 0.2) is 0 Å². The van der Waals surface area contributed by atoms with Crippen molar-refractivity contribution >= 4 is 23.9 Å². The zero-order valence-electron chi connectivity index (χ0n) is 18.5. The molecule has 0 aromatic carbocycles. The third kappa shape index (κ3) is 7.08. The minimum Gasteiger partial charge on any atom is -0.461 e. The fraction of sp³-hybridized carbons (Fsp3) is 0.565. The summed E-state index contributed by atoms with van der Waals surface area (Å²) >= 11 is 0. The largest absolute Gasteiger partial charge is 0.461 e. The van der Waals surface area contributed by atoms with Gasteiger partial charge in [0.25, 0.3) is 0 Å². The first kappa shape index (κ1) is 24.4. The van der Waals surface area contributed by atoms with Gasteiger partial charge in [-0.1, -0.05) is 26.5 Å². The van der Waals surface area contributed by atoms with Crippen LogP contribution >= 0.6 is 0 Å². The van der Waals surface area contributed by atoms with E-state index in [-0.39, 0.29) is 37.1 Å². The van der Waals surface area contributed by atoms with E-state index in [9.17, 15) is 19.2 Å². The van der Waals surface area contributed by atoms with E-state index in [1.54, 1.807) is 19.9 Å². The molecule has 0 unspecified atom stereocenters. The van der Waals surface area contributed by atoms with Gasteiger partial charge in [0.1, 0.15) is 25.4 Å². The van der Waals surface area contributed by atoms with Gasteiger partial charge in [-0.3, -0.25) is 14.4 Å². The van der Waals surface area contributed by atoms with Gasteiger partial charge in [-0.05, 0) is 30.1 Å². The molecule has 1 fully saturated rings. The number of hydrogen-bond donors (Lipinski definition) is 0. The normalized spacial score (nSPS) is 27.2. The summed E-state index contributed by atoms with van der Waals surface area (Å²) < 4.78 is 21.5. The third-order valence-corrected chi connectivity index (χ3v) is 5.07. The molecule has 0 N–H and O–H groups in total. The van der Waals surface area contributed by atoms with Crippen LogP contribution in [0.4, 0.5) is 0 Å². The van der Waals surface area contributed by atoms with Gasteiger partial charge in [-0.15, -0.1) is 0 Å². The van der Waals surface area contributed by atoms with Gasteiger partial charge in [-0.25, -0.2) is 4.79 Å². The zero-order chi connectivity index (χ0) is 23.1. The summed E-state index contributed by atoms with van der Waals surface area (Å²) in [6.07, 6.45) is 3.66. The Kier molecular flexibility index (Phi) is 8.59. The van der Waals surface area contributed by atoms with Crippen molar-refractivity contribution in [1.82, 2.24) is 0 Å². The second kappa shape index (κ2) is 10.9. The summed E-state index contributed by atoms with van der Waals surface area (Å²) in [4.78, 5) is 47.2. The van der Waals surface area contributed by atoms with E-state index in [2.05, 4.69) is 6.58 Å². The maximum Gasteiger partial charge on any atom is 0.334 e. The standard InChI is InChI=1S/C23H30O8/c1-13(2)22(26)29-12-18-8-6-7-17(11-28-15(4)24)10-20-21(14(3)23(27)31-20)19(9-18)30-16(5)25/h8,10,13,19-21H,3,6-7,9,11-12H2,1-2,4-5H3/b17-10-,18-8-/t19-,20-,21-/m1/s1. The lowest BCUT2D eigenvalue weighted by atomic mass is 9.85. The van der Waals surface area contributed by atoms with Crippen LogP contribution in [0.2, 0.25) is 0 Å². The lowest BCUT2D eigenvalue weighted by Gasteiger charge is -2.27. The number of hydrogen-bond acceptors (Lipinski definition) is 8. The Morgan fingerprint density at radius 2 is 1.81 bits per heavy atom. The Bertz CT molecular complexity index is 804. The predicted octanol–water partition coefficient (Wildman–Crippen LogP) is 2.81. The highest BCUT2D eigenvalue weighted by Gasteiger charge is 2.44. The van der Waals surface area contributed by atoms with Crippen LogP contribution in [-0.2, 0) is 38.1 Å². The molecule has 0 bridgehead atoms. The van der Waals surface area contributed by atoms with E-state index in [0.29, 0.717) is 12.8 Å². The van der Waals surface area contributed by atoms with Crippen LogP contribution in [0.3, 0.4) is 0 Å². The van der Waals surface area contributed by atoms with Crippen LogP contribution in [0, 0.1) is 11.8 Å². The molecule has 1 heterocycles. The smallest absolute Gasteiger partial charge is 0.334 e. The highest BCUT2D eigenvalue weighted by atomic mass is 16.6. The predicted molar refractivity (Wildman–Crippen MR) is 111 cm³/mol. The molecule has 1 aliphatic carbocycles. The second-order valence-corrected chi connectivity index (χ2v) is 8.04. The molecule has 0 aromatic rings. The molecule has 0 spiro atoms. The van der Waals surface area contributed by atoms with Gasteiger partial charge in [0.2, 0.25) is 0 Å². The number of fused-ring (bicyclic) bond motifs is 1. The van der Waals surface area contributed by atoms with Gasteiger partial charge in [-0.2, -0.15) is 0 Å². The Morgan fingerprint density at radius 1 is 1.13 bits per heavy atom. The summed E-state index contributed by atoms with van der Waals surface area (Å²) in [5.41, 5.74) is 1.74. The molecule has 0 radical (unpaired) electrons. The van der Waals surface area contributed by atoms with Gasteiger partial charge < -0.3 is 18.9 Å². The first-order valence-corrected chi connectivity index (χ1v) is 10.3. The fourth-order valence-electron chi connectivity index (χ4n) is 3.52. The van der Waals surface area contributed by atoms with Gasteiger partial charge >= 0.3 is 23.9 Å². The average molecular weight is 434 g/mol. The van der Waals surface area contributed by atoms with Crippen molar-refractivity contribution in [2.75, 3.05) is 13.2 Å². The second-order valence-electron chi connectivity index (χ2n) is 8.04. The van der Waals surface area contributed by atoms with Gasteiger partial charge in [0, 0.05) is 25.8 Å². The molecule has 3 atom stereocenters. The van der Waals surface area contributed by atoms with Crippen LogP contribution in [0.15, 0.2) is 35.5 Å². The van der Waals surface area contributed by atoms with Crippen molar-refractivity contribution in [3.63, 3.8) is 0 Å². The Labute approximate surface area is 182 Å². The summed E-state index contributed by atoms with van der Waals surface area (Å²) in [5.74, 6) is -2.70. The molecular formula is C23H30O8. The number of carbonyl (C=O) groups is 4. The van der Waals surface area contributed by atoms with E-state index in [0.717, 1.165) is 11.1 Å². The molecule has 2 rings (SSSR count). The van der Waals surface area contributed by atoms with Gasteiger partial charge in [0.05, 0.1) is 11.8 Å². The molecule has 0 aromatic heterocycles. The van der Waals surface area contributed by atoms with Crippen molar-refractivity contribution in [2.24, 2.45) is 11.8 Å². The maximum atomic E-state index is 12.3. The highest BCUT2D eigenvalue weighted by molar-refractivity contribution is 5.91. The summed E-state index contributed by atoms with van der Waals surface area (Å²) in [6.45, 7) is 10.0. The van der Waals surface area contributed by atoms with Crippen LogP contribution < -0.4 is 0 Å². The lowest BCUT2D eigenvalue weighted by Crippen LogP contribution is -2.33. The third-order valence-electron chi connectivity index (χ3n) is 5.07. The quantitative estimate of drug-likeness (QED) is 0.272.